The van der Waals surface area contributed by atoms with Crippen molar-refractivity contribution >= 4 is 0 Å². The smallest absolute Gasteiger partial charge is 0.0151 e. The van der Waals surface area contributed by atoms with Crippen LogP contribution in [0.5, 0.6) is 0 Å². The van der Waals surface area contributed by atoms with Gasteiger partial charge in [0.1, 0.15) is 0 Å². The quantitative estimate of drug-likeness (QED) is 0.698. The zero-order valence-corrected chi connectivity index (χ0v) is 9.86. The predicted molar refractivity (Wildman–Crippen MR) is 66.3 cm³/mol. The van der Waals surface area contributed by atoms with Gasteiger partial charge in [-0.1, -0.05) is 30.3 Å². The molecule has 0 heteroatoms. The van der Waals surface area contributed by atoms with Crippen molar-refractivity contribution in [3.63, 3.8) is 0 Å². The van der Waals surface area contributed by atoms with Crippen LogP contribution in [0, 0.1) is 17.3 Å². The van der Waals surface area contributed by atoms with Gasteiger partial charge >= 0.3 is 0 Å². The minimum absolute atomic E-state index is 0.820. The Morgan fingerprint density at radius 1 is 0.812 bits per heavy atom. The third kappa shape index (κ3) is 1.28. The molecule has 0 atom stereocenters. The van der Waals surface area contributed by atoms with Crippen LogP contribution in [0.15, 0.2) is 30.3 Å². The first kappa shape index (κ1) is 9.27. The lowest BCUT2D eigenvalue weighted by Gasteiger charge is -2.49. The van der Waals surface area contributed by atoms with Crippen LogP contribution in [0.25, 0.3) is 0 Å². The number of benzene rings is 1. The molecule has 0 amide bonds. The van der Waals surface area contributed by atoms with Crippen LogP contribution in [0.2, 0.25) is 0 Å². The Balaban J connectivity index is 1.52. The van der Waals surface area contributed by atoms with Gasteiger partial charge < -0.3 is 0 Å². The number of rotatable bonds is 3. The van der Waals surface area contributed by atoms with E-state index in [1.807, 2.05) is 0 Å². The first-order valence-corrected chi connectivity index (χ1v) is 6.93. The van der Waals surface area contributed by atoms with Crippen LogP contribution < -0.4 is 0 Å². The normalized spacial score (nSPS) is 28.8. The zero-order valence-electron chi connectivity index (χ0n) is 9.86. The van der Waals surface area contributed by atoms with E-state index >= 15 is 0 Å². The number of hydrogen-bond donors (Lipinski definition) is 0. The van der Waals surface area contributed by atoms with Gasteiger partial charge in [0.05, 0.1) is 0 Å². The molecule has 0 unspecified atom stereocenters. The van der Waals surface area contributed by atoms with Gasteiger partial charge in [-0.3, -0.25) is 0 Å². The molecule has 3 saturated carbocycles. The summed E-state index contributed by atoms with van der Waals surface area (Å²) >= 11 is 0. The lowest BCUT2D eigenvalue weighted by atomic mass is 9.55. The Labute approximate surface area is 98.1 Å². The second kappa shape index (κ2) is 3.12. The molecular formula is C16H20. The minimum Gasteiger partial charge on any atom is -0.0622 e. The maximum atomic E-state index is 2.33. The molecule has 0 N–H and O–H groups in total. The van der Waals surface area contributed by atoms with Gasteiger partial charge in [-0.25, -0.2) is 0 Å². The number of hydrogen-bond acceptors (Lipinski definition) is 0. The van der Waals surface area contributed by atoms with Crippen molar-refractivity contribution in [1.29, 1.82) is 0 Å². The van der Waals surface area contributed by atoms with Crippen LogP contribution >= 0.6 is 0 Å². The standard InChI is InChI=1S/C16H20/c1-2-4-12(5-3-1)13-10-16(11-13,14-6-7-14)15-8-9-15/h1-5,13-15H,6-11H2. The van der Waals surface area contributed by atoms with E-state index in [2.05, 4.69) is 30.3 Å². The Morgan fingerprint density at radius 2 is 1.38 bits per heavy atom. The molecule has 4 rings (SSSR count). The average Bonchev–Trinajstić information content (AvgIpc) is 3.12. The Morgan fingerprint density at radius 3 is 1.88 bits per heavy atom. The first-order valence-electron chi connectivity index (χ1n) is 6.93. The second-order valence-corrected chi connectivity index (χ2v) is 6.30. The average molecular weight is 212 g/mol. The highest BCUT2D eigenvalue weighted by Crippen LogP contribution is 2.70. The molecule has 1 aromatic carbocycles. The predicted octanol–water partition coefficient (Wildman–Crippen LogP) is 4.37. The highest BCUT2D eigenvalue weighted by Gasteiger charge is 2.60. The van der Waals surface area contributed by atoms with Gasteiger partial charge in [0.2, 0.25) is 0 Å². The molecule has 16 heavy (non-hydrogen) atoms. The van der Waals surface area contributed by atoms with Gasteiger partial charge in [0, 0.05) is 0 Å². The lowest BCUT2D eigenvalue weighted by Crippen LogP contribution is -2.39. The van der Waals surface area contributed by atoms with Crippen molar-refractivity contribution in [2.75, 3.05) is 0 Å². The maximum absolute atomic E-state index is 2.33. The van der Waals surface area contributed by atoms with E-state index in [9.17, 15) is 0 Å². The second-order valence-electron chi connectivity index (χ2n) is 6.30. The summed E-state index contributed by atoms with van der Waals surface area (Å²) in [5.41, 5.74) is 2.42. The highest BCUT2D eigenvalue weighted by atomic mass is 14.6. The summed E-state index contributed by atoms with van der Waals surface area (Å²) in [6.07, 6.45) is 9.17. The molecule has 0 radical (unpaired) electrons. The molecular weight excluding hydrogens is 192 g/mol. The van der Waals surface area contributed by atoms with Gasteiger partial charge in [-0.15, -0.1) is 0 Å². The molecule has 0 aromatic heterocycles. The molecule has 0 nitrogen and oxygen atoms in total. The van der Waals surface area contributed by atoms with Crippen LogP contribution in [-0.4, -0.2) is 0 Å². The van der Waals surface area contributed by atoms with Crippen molar-refractivity contribution in [1.82, 2.24) is 0 Å². The summed E-state index contributed by atoms with van der Waals surface area (Å²) < 4.78 is 0. The van der Waals surface area contributed by atoms with E-state index in [0.717, 1.165) is 23.2 Å². The maximum Gasteiger partial charge on any atom is -0.0151 e. The van der Waals surface area contributed by atoms with Gasteiger partial charge in [0.25, 0.3) is 0 Å². The molecule has 3 aliphatic carbocycles. The topological polar surface area (TPSA) is 0 Å². The van der Waals surface area contributed by atoms with E-state index in [0.29, 0.717) is 0 Å². The minimum atomic E-state index is 0.820. The SMILES string of the molecule is c1ccc(C2CC(C3CC3)(C3CC3)C2)cc1. The zero-order chi connectivity index (χ0) is 10.6. The summed E-state index contributed by atoms with van der Waals surface area (Å²) in [5.74, 6) is 3.14. The van der Waals surface area contributed by atoms with Crippen molar-refractivity contribution in [2.24, 2.45) is 17.3 Å². The van der Waals surface area contributed by atoms with E-state index in [4.69, 9.17) is 0 Å². The fraction of sp³-hybridized carbons (Fsp3) is 0.625. The summed E-state index contributed by atoms with van der Waals surface area (Å²) in [5, 5.41) is 0. The summed E-state index contributed by atoms with van der Waals surface area (Å²) in [7, 11) is 0. The molecule has 0 saturated heterocycles. The van der Waals surface area contributed by atoms with E-state index < -0.39 is 0 Å². The van der Waals surface area contributed by atoms with Crippen molar-refractivity contribution in [3.05, 3.63) is 35.9 Å². The third-order valence-corrected chi connectivity index (χ3v) is 5.30. The fourth-order valence-electron chi connectivity index (χ4n) is 4.14. The Bertz CT molecular complexity index is 364. The Kier molecular flexibility index (Phi) is 1.81. The summed E-state index contributed by atoms with van der Waals surface area (Å²) in [4.78, 5) is 0. The molecule has 84 valence electrons. The molecule has 0 aliphatic heterocycles. The van der Waals surface area contributed by atoms with Gasteiger partial charge in [0.15, 0.2) is 0 Å². The molecule has 0 spiro atoms. The van der Waals surface area contributed by atoms with Crippen LogP contribution in [-0.2, 0) is 0 Å². The molecule has 0 bridgehead atoms. The van der Waals surface area contributed by atoms with Crippen molar-refractivity contribution < 1.29 is 0 Å². The highest BCUT2D eigenvalue weighted by molar-refractivity contribution is 5.26. The first-order chi connectivity index (χ1) is 7.88. The van der Waals surface area contributed by atoms with Crippen molar-refractivity contribution in [2.45, 2.75) is 44.4 Å². The molecule has 1 aromatic rings. The van der Waals surface area contributed by atoms with Gasteiger partial charge in [-0.05, 0) is 67.3 Å². The fourth-order valence-corrected chi connectivity index (χ4v) is 4.14. The van der Waals surface area contributed by atoms with Crippen molar-refractivity contribution in [3.8, 4) is 0 Å². The molecule has 3 aliphatic rings. The van der Waals surface area contributed by atoms with E-state index in [1.165, 1.54) is 38.5 Å². The van der Waals surface area contributed by atoms with E-state index in [-0.39, 0.29) is 0 Å². The van der Waals surface area contributed by atoms with Crippen LogP contribution in [0.3, 0.4) is 0 Å². The molecule has 3 fully saturated rings. The summed E-state index contributed by atoms with van der Waals surface area (Å²) in [6.45, 7) is 0. The lowest BCUT2D eigenvalue weighted by molar-refractivity contribution is 0.0444. The van der Waals surface area contributed by atoms with E-state index in [1.54, 1.807) is 5.56 Å². The monoisotopic (exact) mass is 212 g/mol. The largest absolute Gasteiger partial charge is 0.0622 e. The third-order valence-electron chi connectivity index (χ3n) is 5.30. The van der Waals surface area contributed by atoms with Crippen LogP contribution in [0.1, 0.15) is 50.0 Å². The summed E-state index contributed by atoms with van der Waals surface area (Å²) in [6, 6.07) is 11.2. The molecule has 0 heterocycles. The Hall–Kier alpha value is -0.780. The van der Waals surface area contributed by atoms with Crippen LogP contribution in [0.4, 0.5) is 0 Å². The van der Waals surface area contributed by atoms with Gasteiger partial charge in [-0.2, -0.15) is 0 Å².